The fraction of sp³-hybridized carbons (Fsp3) is 0.545. The molecule has 0 saturated heterocycles. The molecule has 6 nitrogen and oxygen atoms in total. The zero-order valence-electron chi connectivity index (χ0n) is 10.3. The lowest BCUT2D eigenvalue weighted by molar-refractivity contribution is 0.481. The number of hydrogen-bond donors (Lipinski definition) is 2. The SMILES string of the molecule is Cc1cc(=O)n2[nH]c(CC(N)C(C)C)nc2n1. The molecule has 0 saturated carbocycles. The highest BCUT2D eigenvalue weighted by atomic mass is 16.1. The maximum absolute atomic E-state index is 11.7. The number of aromatic amines is 1. The van der Waals surface area contributed by atoms with Crippen LogP contribution >= 0.6 is 0 Å². The summed E-state index contributed by atoms with van der Waals surface area (Å²) in [4.78, 5) is 20.1. The number of aryl methyl sites for hydroxylation is 1. The van der Waals surface area contributed by atoms with Crippen LogP contribution in [0.5, 0.6) is 0 Å². The molecule has 1 unspecified atom stereocenters. The average molecular weight is 235 g/mol. The van der Waals surface area contributed by atoms with Gasteiger partial charge in [0.25, 0.3) is 11.3 Å². The monoisotopic (exact) mass is 235 g/mol. The van der Waals surface area contributed by atoms with Gasteiger partial charge >= 0.3 is 0 Å². The highest BCUT2D eigenvalue weighted by molar-refractivity contribution is 5.27. The van der Waals surface area contributed by atoms with Crippen LogP contribution in [0.1, 0.15) is 25.4 Å². The lowest BCUT2D eigenvalue weighted by atomic mass is 10.0. The van der Waals surface area contributed by atoms with Gasteiger partial charge in [-0.05, 0) is 12.8 Å². The Morgan fingerprint density at radius 3 is 2.82 bits per heavy atom. The van der Waals surface area contributed by atoms with Crippen molar-refractivity contribution in [3.63, 3.8) is 0 Å². The van der Waals surface area contributed by atoms with Crippen LogP contribution in [0.15, 0.2) is 10.9 Å². The fourth-order valence-corrected chi connectivity index (χ4v) is 1.59. The first-order valence-corrected chi connectivity index (χ1v) is 5.68. The van der Waals surface area contributed by atoms with Crippen LogP contribution in [-0.4, -0.2) is 25.6 Å². The molecule has 0 aliphatic heterocycles. The Labute approximate surface area is 98.9 Å². The van der Waals surface area contributed by atoms with Crippen molar-refractivity contribution in [3.8, 4) is 0 Å². The standard InChI is InChI=1S/C11H17N5O/c1-6(2)8(12)5-9-14-11-13-7(3)4-10(17)16(11)15-9/h4,6,8H,5,12H2,1-3H3,(H,13,14,15). The van der Waals surface area contributed by atoms with E-state index in [1.54, 1.807) is 6.92 Å². The summed E-state index contributed by atoms with van der Waals surface area (Å²) in [6.07, 6.45) is 0.611. The van der Waals surface area contributed by atoms with Crippen LogP contribution < -0.4 is 11.3 Å². The highest BCUT2D eigenvalue weighted by Crippen LogP contribution is 2.05. The van der Waals surface area contributed by atoms with Gasteiger partial charge in [-0.15, -0.1) is 0 Å². The van der Waals surface area contributed by atoms with E-state index < -0.39 is 0 Å². The van der Waals surface area contributed by atoms with E-state index in [0.717, 1.165) is 0 Å². The van der Waals surface area contributed by atoms with Gasteiger partial charge in [-0.2, -0.15) is 9.50 Å². The molecule has 2 aromatic rings. The summed E-state index contributed by atoms with van der Waals surface area (Å²) in [5, 5.41) is 2.93. The third kappa shape index (κ3) is 2.36. The van der Waals surface area contributed by atoms with Gasteiger partial charge in [-0.25, -0.2) is 4.98 Å². The molecule has 6 heteroatoms. The minimum Gasteiger partial charge on any atom is -0.327 e. The largest absolute Gasteiger partial charge is 0.327 e. The van der Waals surface area contributed by atoms with Gasteiger partial charge in [0.05, 0.1) is 0 Å². The number of aromatic nitrogens is 4. The van der Waals surface area contributed by atoms with E-state index in [4.69, 9.17) is 5.73 Å². The Morgan fingerprint density at radius 1 is 1.47 bits per heavy atom. The average Bonchev–Trinajstić information content (AvgIpc) is 2.60. The predicted molar refractivity (Wildman–Crippen MR) is 64.9 cm³/mol. The van der Waals surface area contributed by atoms with Gasteiger partial charge in [0.2, 0.25) is 0 Å². The van der Waals surface area contributed by atoms with Crippen LogP contribution in [0.3, 0.4) is 0 Å². The second-order valence-electron chi connectivity index (χ2n) is 4.65. The van der Waals surface area contributed by atoms with E-state index in [-0.39, 0.29) is 11.6 Å². The van der Waals surface area contributed by atoms with Crippen molar-refractivity contribution in [2.75, 3.05) is 0 Å². The Bertz CT molecular complexity index is 583. The molecule has 92 valence electrons. The molecule has 0 bridgehead atoms. The predicted octanol–water partition coefficient (Wildman–Crippen LogP) is 0.252. The number of fused-ring (bicyclic) bond motifs is 1. The fourth-order valence-electron chi connectivity index (χ4n) is 1.59. The molecule has 2 heterocycles. The smallest absolute Gasteiger partial charge is 0.274 e. The second-order valence-corrected chi connectivity index (χ2v) is 4.65. The van der Waals surface area contributed by atoms with Crippen molar-refractivity contribution in [3.05, 3.63) is 27.9 Å². The number of rotatable bonds is 3. The van der Waals surface area contributed by atoms with Crippen molar-refractivity contribution >= 4 is 5.78 Å². The quantitative estimate of drug-likeness (QED) is 0.798. The lowest BCUT2D eigenvalue weighted by Crippen LogP contribution is -2.29. The summed E-state index contributed by atoms with van der Waals surface area (Å²) in [6, 6.07) is 1.49. The third-order valence-electron chi connectivity index (χ3n) is 2.79. The van der Waals surface area contributed by atoms with Gasteiger partial charge in [0, 0.05) is 24.2 Å². The summed E-state index contributed by atoms with van der Waals surface area (Å²) in [5.41, 5.74) is 6.49. The molecular weight excluding hydrogens is 218 g/mol. The van der Waals surface area contributed by atoms with Gasteiger partial charge in [0.15, 0.2) is 0 Å². The molecule has 2 aromatic heterocycles. The van der Waals surface area contributed by atoms with E-state index in [9.17, 15) is 4.79 Å². The summed E-state index contributed by atoms with van der Waals surface area (Å²) >= 11 is 0. The molecule has 3 N–H and O–H groups in total. The second kappa shape index (κ2) is 4.29. The van der Waals surface area contributed by atoms with Crippen LogP contribution in [-0.2, 0) is 6.42 Å². The molecule has 0 aromatic carbocycles. The van der Waals surface area contributed by atoms with E-state index in [1.165, 1.54) is 10.6 Å². The molecule has 17 heavy (non-hydrogen) atoms. The molecule has 0 amide bonds. The maximum Gasteiger partial charge on any atom is 0.274 e. The first kappa shape index (κ1) is 11.8. The molecule has 0 spiro atoms. The molecule has 0 radical (unpaired) electrons. The van der Waals surface area contributed by atoms with Crippen LogP contribution in [0, 0.1) is 12.8 Å². The minimum atomic E-state index is -0.149. The van der Waals surface area contributed by atoms with Gasteiger partial charge in [0.1, 0.15) is 5.82 Å². The normalized spacial score (nSPS) is 13.5. The van der Waals surface area contributed by atoms with Crippen molar-refractivity contribution in [1.29, 1.82) is 0 Å². The third-order valence-corrected chi connectivity index (χ3v) is 2.79. The molecule has 0 aliphatic rings. The maximum atomic E-state index is 11.7. The Morgan fingerprint density at radius 2 is 2.18 bits per heavy atom. The van der Waals surface area contributed by atoms with Crippen molar-refractivity contribution < 1.29 is 0 Å². The van der Waals surface area contributed by atoms with Crippen molar-refractivity contribution in [1.82, 2.24) is 19.6 Å². The minimum absolute atomic E-state index is 0.0207. The van der Waals surface area contributed by atoms with E-state index in [2.05, 4.69) is 28.9 Å². The van der Waals surface area contributed by atoms with Gasteiger partial charge < -0.3 is 5.73 Å². The summed E-state index contributed by atoms with van der Waals surface area (Å²) in [7, 11) is 0. The molecule has 0 fully saturated rings. The molecule has 1 atom stereocenters. The molecule has 0 aliphatic carbocycles. The Kier molecular flexibility index (Phi) is 2.97. The zero-order valence-corrected chi connectivity index (χ0v) is 10.3. The number of nitrogens with two attached hydrogens (primary N) is 1. The van der Waals surface area contributed by atoms with Crippen LogP contribution in [0.4, 0.5) is 0 Å². The number of hydrogen-bond acceptors (Lipinski definition) is 4. The van der Waals surface area contributed by atoms with E-state index in [0.29, 0.717) is 29.6 Å². The van der Waals surface area contributed by atoms with Crippen LogP contribution in [0.25, 0.3) is 5.78 Å². The summed E-state index contributed by atoms with van der Waals surface area (Å²) < 4.78 is 1.34. The van der Waals surface area contributed by atoms with E-state index in [1.807, 2.05) is 0 Å². The molecular formula is C11H17N5O. The first-order valence-electron chi connectivity index (χ1n) is 5.68. The Hall–Kier alpha value is -1.69. The number of H-pyrrole nitrogens is 1. The summed E-state index contributed by atoms with van der Waals surface area (Å²) in [5.74, 6) is 1.47. The summed E-state index contributed by atoms with van der Waals surface area (Å²) in [6.45, 7) is 5.89. The van der Waals surface area contributed by atoms with Gasteiger partial charge in [-0.1, -0.05) is 13.8 Å². The van der Waals surface area contributed by atoms with Crippen molar-refractivity contribution in [2.45, 2.75) is 33.2 Å². The zero-order chi connectivity index (χ0) is 12.6. The number of nitrogens with one attached hydrogen (secondary N) is 1. The number of nitrogens with zero attached hydrogens (tertiary/aromatic N) is 3. The van der Waals surface area contributed by atoms with Gasteiger partial charge in [-0.3, -0.25) is 9.89 Å². The van der Waals surface area contributed by atoms with Crippen molar-refractivity contribution in [2.24, 2.45) is 11.7 Å². The van der Waals surface area contributed by atoms with Crippen LogP contribution in [0.2, 0.25) is 0 Å². The first-order chi connectivity index (χ1) is 7.97. The van der Waals surface area contributed by atoms with E-state index >= 15 is 0 Å². The topological polar surface area (TPSA) is 89.1 Å². The Balaban J connectivity index is 2.38. The highest BCUT2D eigenvalue weighted by Gasteiger charge is 2.12. The molecule has 2 rings (SSSR count). The lowest BCUT2D eigenvalue weighted by Gasteiger charge is -2.12.